The standard InChI is InChI=1S/C18H28O3/c1-10-5-6-17-7-8-18(21)14(17)16(10,4)12(19)9-15(18,3)13(20)11(17)2/h10-12,14,19,21H,5-9H2,1-4H3. The van der Waals surface area contributed by atoms with Crippen molar-refractivity contribution in [3.63, 3.8) is 0 Å². The maximum Gasteiger partial charge on any atom is 0.145 e. The van der Waals surface area contributed by atoms with E-state index in [0.717, 1.165) is 25.7 Å². The fourth-order valence-electron chi connectivity index (χ4n) is 7.31. The van der Waals surface area contributed by atoms with E-state index < -0.39 is 17.1 Å². The Hall–Kier alpha value is -0.410. The normalized spacial score (nSPS) is 65.5. The molecule has 0 spiro atoms. The van der Waals surface area contributed by atoms with Gasteiger partial charge in [-0.25, -0.2) is 0 Å². The van der Waals surface area contributed by atoms with Crippen LogP contribution in [0.2, 0.25) is 0 Å². The minimum atomic E-state index is -0.904. The first kappa shape index (κ1) is 14.2. The Morgan fingerprint density at radius 1 is 1.14 bits per heavy atom. The molecule has 4 fully saturated rings. The monoisotopic (exact) mass is 292 g/mol. The smallest absolute Gasteiger partial charge is 0.145 e. The van der Waals surface area contributed by atoms with Gasteiger partial charge in [0.1, 0.15) is 5.78 Å². The summed E-state index contributed by atoms with van der Waals surface area (Å²) in [4.78, 5) is 13.1. The number of carbonyl (C=O) groups excluding carboxylic acids is 1. The van der Waals surface area contributed by atoms with Crippen molar-refractivity contribution in [2.24, 2.45) is 34.0 Å². The minimum Gasteiger partial charge on any atom is -0.393 e. The fourth-order valence-corrected chi connectivity index (χ4v) is 7.31. The first-order valence-corrected chi connectivity index (χ1v) is 8.59. The Morgan fingerprint density at radius 3 is 2.48 bits per heavy atom. The molecule has 0 aromatic carbocycles. The summed E-state index contributed by atoms with van der Waals surface area (Å²) < 4.78 is 0. The van der Waals surface area contributed by atoms with Crippen molar-refractivity contribution in [2.45, 2.75) is 71.5 Å². The van der Waals surface area contributed by atoms with Gasteiger partial charge in [0.15, 0.2) is 0 Å². The van der Waals surface area contributed by atoms with Gasteiger partial charge >= 0.3 is 0 Å². The topological polar surface area (TPSA) is 57.5 Å². The first-order chi connectivity index (χ1) is 9.64. The Bertz CT molecular complexity index is 525. The zero-order valence-corrected chi connectivity index (χ0v) is 13.6. The van der Waals surface area contributed by atoms with Crippen molar-refractivity contribution in [1.82, 2.24) is 0 Å². The second-order valence-electron chi connectivity index (χ2n) is 9.03. The van der Waals surface area contributed by atoms with Crippen LogP contribution in [0.4, 0.5) is 0 Å². The van der Waals surface area contributed by atoms with Gasteiger partial charge in [0.2, 0.25) is 0 Å². The van der Waals surface area contributed by atoms with Gasteiger partial charge in [0.25, 0.3) is 0 Å². The van der Waals surface area contributed by atoms with Crippen molar-refractivity contribution in [3.8, 4) is 0 Å². The molecule has 118 valence electrons. The third-order valence-corrected chi connectivity index (χ3v) is 8.83. The van der Waals surface area contributed by atoms with E-state index in [4.69, 9.17) is 0 Å². The maximum absolute atomic E-state index is 13.1. The van der Waals surface area contributed by atoms with Crippen molar-refractivity contribution in [1.29, 1.82) is 0 Å². The average molecular weight is 292 g/mol. The van der Waals surface area contributed by atoms with Gasteiger partial charge < -0.3 is 10.2 Å². The molecular formula is C18H28O3. The summed E-state index contributed by atoms with van der Waals surface area (Å²) in [6.07, 6.45) is 3.74. The highest BCUT2D eigenvalue weighted by Gasteiger charge is 2.80. The highest BCUT2D eigenvalue weighted by atomic mass is 16.3. The second-order valence-corrected chi connectivity index (χ2v) is 9.03. The van der Waals surface area contributed by atoms with Crippen LogP contribution >= 0.6 is 0 Å². The van der Waals surface area contributed by atoms with E-state index in [9.17, 15) is 15.0 Å². The molecule has 0 radical (unpaired) electrons. The number of aliphatic hydroxyl groups excluding tert-OH is 1. The van der Waals surface area contributed by atoms with Crippen LogP contribution in [0.3, 0.4) is 0 Å². The van der Waals surface area contributed by atoms with Crippen LogP contribution in [0.5, 0.6) is 0 Å². The van der Waals surface area contributed by atoms with Crippen molar-refractivity contribution < 1.29 is 15.0 Å². The molecule has 4 rings (SSSR count). The van der Waals surface area contributed by atoms with Gasteiger partial charge in [-0.1, -0.05) is 20.8 Å². The zero-order valence-electron chi connectivity index (χ0n) is 13.6. The van der Waals surface area contributed by atoms with E-state index >= 15 is 0 Å². The molecule has 0 aromatic heterocycles. The van der Waals surface area contributed by atoms with Gasteiger partial charge in [-0.2, -0.15) is 0 Å². The highest BCUT2D eigenvalue weighted by Crippen LogP contribution is 2.78. The molecule has 2 N–H and O–H groups in total. The average Bonchev–Trinajstić information content (AvgIpc) is 2.74. The lowest BCUT2D eigenvalue weighted by Crippen LogP contribution is -2.75. The maximum atomic E-state index is 13.1. The Morgan fingerprint density at radius 2 is 1.81 bits per heavy atom. The summed E-state index contributed by atoms with van der Waals surface area (Å²) in [6, 6.07) is 0. The molecule has 21 heavy (non-hydrogen) atoms. The molecular weight excluding hydrogens is 264 g/mol. The SMILES string of the molecule is CC1C(=O)C2(C)CC(O)C3(C)C(C)CCC14CCC2(O)C43. The largest absolute Gasteiger partial charge is 0.393 e. The van der Waals surface area contributed by atoms with E-state index in [0.29, 0.717) is 12.3 Å². The summed E-state index contributed by atoms with van der Waals surface area (Å²) in [5, 5.41) is 22.6. The fraction of sp³-hybridized carbons (Fsp3) is 0.944. The number of aliphatic hydroxyl groups is 2. The number of hydrogen-bond donors (Lipinski definition) is 2. The third-order valence-electron chi connectivity index (χ3n) is 8.83. The Kier molecular flexibility index (Phi) is 2.41. The lowest BCUT2D eigenvalue weighted by Gasteiger charge is -2.70. The number of ketones is 1. The predicted octanol–water partition coefficient (Wildman–Crippen LogP) is 2.54. The molecule has 4 bridgehead atoms. The number of carbonyl (C=O) groups is 1. The predicted molar refractivity (Wildman–Crippen MR) is 79.5 cm³/mol. The van der Waals surface area contributed by atoms with Crippen LogP contribution in [0.1, 0.15) is 59.8 Å². The molecule has 0 heterocycles. The van der Waals surface area contributed by atoms with Crippen LogP contribution in [0.25, 0.3) is 0 Å². The number of hydrogen-bond acceptors (Lipinski definition) is 3. The quantitative estimate of drug-likeness (QED) is 0.721. The van der Waals surface area contributed by atoms with Crippen LogP contribution in [0.15, 0.2) is 0 Å². The Labute approximate surface area is 127 Å². The molecule has 4 saturated carbocycles. The molecule has 0 saturated heterocycles. The summed E-state index contributed by atoms with van der Waals surface area (Å²) in [6.45, 7) is 8.41. The van der Waals surface area contributed by atoms with Crippen LogP contribution in [-0.4, -0.2) is 27.7 Å². The van der Waals surface area contributed by atoms with E-state index in [2.05, 4.69) is 20.8 Å². The zero-order chi connectivity index (χ0) is 15.4. The van der Waals surface area contributed by atoms with Gasteiger partial charge in [-0.05, 0) is 50.4 Å². The number of rotatable bonds is 0. The second kappa shape index (κ2) is 3.56. The van der Waals surface area contributed by atoms with Gasteiger partial charge in [-0.3, -0.25) is 4.79 Å². The lowest BCUT2D eigenvalue weighted by molar-refractivity contribution is -0.280. The molecule has 0 amide bonds. The summed E-state index contributed by atoms with van der Waals surface area (Å²) in [7, 11) is 0. The highest BCUT2D eigenvalue weighted by molar-refractivity contribution is 5.91. The van der Waals surface area contributed by atoms with E-state index in [-0.39, 0.29) is 28.4 Å². The molecule has 3 heteroatoms. The molecule has 0 aliphatic heterocycles. The van der Waals surface area contributed by atoms with E-state index in [1.165, 1.54) is 0 Å². The first-order valence-electron chi connectivity index (χ1n) is 8.59. The molecule has 0 aromatic rings. The van der Waals surface area contributed by atoms with Crippen molar-refractivity contribution in [2.75, 3.05) is 0 Å². The molecule has 8 unspecified atom stereocenters. The third kappa shape index (κ3) is 1.15. The van der Waals surface area contributed by atoms with Gasteiger partial charge in [0, 0.05) is 17.3 Å². The minimum absolute atomic E-state index is 0.0228. The Balaban J connectivity index is 2.02. The van der Waals surface area contributed by atoms with Gasteiger partial charge in [0.05, 0.1) is 17.1 Å². The number of Topliss-reactive ketones (excluding diaryl/α,β-unsaturated/α-hetero) is 1. The van der Waals surface area contributed by atoms with E-state index in [1.807, 2.05) is 6.92 Å². The molecule has 3 nitrogen and oxygen atoms in total. The van der Waals surface area contributed by atoms with Crippen molar-refractivity contribution >= 4 is 5.78 Å². The molecule has 8 atom stereocenters. The summed E-state index contributed by atoms with van der Waals surface area (Å²) >= 11 is 0. The van der Waals surface area contributed by atoms with E-state index in [1.54, 1.807) is 0 Å². The van der Waals surface area contributed by atoms with Crippen LogP contribution < -0.4 is 0 Å². The lowest BCUT2D eigenvalue weighted by atomic mass is 9.35. The molecule has 4 aliphatic rings. The van der Waals surface area contributed by atoms with Gasteiger partial charge in [-0.15, -0.1) is 0 Å². The van der Waals surface area contributed by atoms with Crippen LogP contribution in [-0.2, 0) is 4.79 Å². The summed E-state index contributed by atoms with van der Waals surface area (Å²) in [5.41, 5.74) is -1.99. The van der Waals surface area contributed by atoms with Crippen molar-refractivity contribution in [3.05, 3.63) is 0 Å². The summed E-state index contributed by atoms with van der Waals surface area (Å²) in [5.74, 6) is 0.701. The van der Waals surface area contributed by atoms with Crippen LogP contribution in [0, 0.1) is 34.0 Å². The molecule has 4 aliphatic carbocycles.